The number of fused-ring (bicyclic) bond motifs is 2. The molecule has 2 aromatic carbocycles. The molecule has 4 aromatic heterocycles. The molecular weight excluding hydrogens is 706 g/mol. The number of amides is 4. The number of benzene rings is 2. The summed E-state index contributed by atoms with van der Waals surface area (Å²) in [7, 11) is 1.46. The Bertz CT molecular complexity index is 2310. The second kappa shape index (κ2) is 16.0. The SMILES string of the molecule is C.CCn1nc(C)cc1C(=O)Nc1nc2cc(C(N)=O)cc(CN)c2n1C/C=C/Cn1c(NC(=O)c2cc(C)nn2CC)nc2cc(C(N)=O)cc(OC)c21. The predicted molar refractivity (Wildman–Crippen MR) is 208 cm³/mol. The molecule has 288 valence electrons. The van der Waals surface area contributed by atoms with Crippen molar-refractivity contribution in [3.8, 4) is 5.75 Å². The van der Waals surface area contributed by atoms with Crippen LogP contribution in [0.4, 0.5) is 11.9 Å². The number of hydrogen-bond donors (Lipinski definition) is 5. The van der Waals surface area contributed by atoms with Gasteiger partial charge in [0, 0.05) is 43.9 Å². The molecule has 0 aliphatic rings. The maximum Gasteiger partial charge on any atom is 0.276 e. The molecule has 55 heavy (non-hydrogen) atoms. The van der Waals surface area contributed by atoms with Gasteiger partial charge in [-0.1, -0.05) is 19.6 Å². The summed E-state index contributed by atoms with van der Waals surface area (Å²) in [5.41, 5.74) is 22.3. The first kappa shape index (κ1) is 39.4. The number of aryl methyl sites for hydroxylation is 4. The average molecular weight is 752 g/mol. The van der Waals surface area contributed by atoms with Crippen molar-refractivity contribution in [1.82, 2.24) is 38.7 Å². The fourth-order valence-corrected chi connectivity index (χ4v) is 6.36. The lowest BCUT2D eigenvalue weighted by molar-refractivity contribution is 0.0992. The van der Waals surface area contributed by atoms with Crippen LogP contribution in [0, 0.1) is 13.8 Å². The minimum Gasteiger partial charge on any atom is -0.494 e. The fourth-order valence-electron chi connectivity index (χ4n) is 6.36. The number of allylic oxidation sites excluding steroid dienone is 2. The molecule has 0 spiro atoms. The molecule has 0 radical (unpaired) electrons. The lowest BCUT2D eigenvalue weighted by atomic mass is 10.1. The molecule has 0 atom stereocenters. The minimum absolute atomic E-state index is 0. The maximum absolute atomic E-state index is 13.5. The van der Waals surface area contributed by atoms with E-state index in [9.17, 15) is 19.2 Å². The van der Waals surface area contributed by atoms with Crippen LogP contribution in [-0.2, 0) is 32.7 Å². The van der Waals surface area contributed by atoms with E-state index in [1.807, 2.05) is 26.0 Å². The number of imidazole rings is 2. The summed E-state index contributed by atoms with van der Waals surface area (Å²) in [5.74, 6) is -1.44. The van der Waals surface area contributed by atoms with Crippen LogP contribution in [-0.4, -0.2) is 69.4 Å². The number of carbonyl (C=O) groups excluding carboxylic acids is 4. The fraction of sp³-hybridized carbons (Fsp3) is 0.297. The highest BCUT2D eigenvalue weighted by Crippen LogP contribution is 2.31. The first-order chi connectivity index (χ1) is 25.9. The number of anilines is 2. The molecule has 6 rings (SSSR count). The number of hydrogen-bond acceptors (Lipinski definition) is 10. The van der Waals surface area contributed by atoms with Crippen molar-refractivity contribution in [1.29, 1.82) is 0 Å². The van der Waals surface area contributed by atoms with Crippen LogP contribution in [0.15, 0.2) is 48.6 Å². The largest absolute Gasteiger partial charge is 0.494 e. The Morgan fingerprint density at radius 3 is 1.62 bits per heavy atom. The quantitative estimate of drug-likeness (QED) is 0.101. The Labute approximate surface area is 316 Å². The Morgan fingerprint density at radius 1 is 0.727 bits per heavy atom. The monoisotopic (exact) mass is 751 g/mol. The molecule has 0 unspecified atom stereocenters. The molecule has 6 aromatic rings. The smallest absolute Gasteiger partial charge is 0.276 e. The van der Waals surface area contributed by atoms with Gasteiger partial charge in [-0.05, 0) is 69.7 Å². The number of ether oxygens (including phenoxy) is 1. The van der Waals surface area contributed by atoms with Gasteiger partial charge >= 0.3 is 0 Å². The van der Waals surface area contributed by atoms with Gasteiger partial charge in [0.15, 0.2) is 0 Å². The Balaban J connectivity index is 0.00000580. The highest BCUT2D eigenvalue weighted by atomic mass is 16.5. The normalized spacial score (nSPS) is 11.3. The van der Waals surface area contributed by atoms with Crippen LogP contribution in [0.1, 0.15) is 79.9 Å². The molecule has 0 saturated carbocycles. The molecule has 18 nitrogen and oxygen atoms in total. The number of nitrogens with one attached hydrogen (secondary N) is 2. The van der Waals surface area contributed by atoms with Crippen LogP contribution in [0.2, 0.25) is 0 Å². The molecule has 4 heterocycles. The highest BCUT2D eigenvalue weighted by molar-refractivity contribution is 6.05. The second-order valence-corrected chi connectivity index (χ2v) is 12.4. The van der Waals surface area contributed by atoms with E-state index in [2.05, 4.69) is 30.8 Å². The van der Waals surface area contributed by atoms with E-state index in [1.165, 1.54) is 19.2 Å². The van der Waals surface area contributed by atoms with Crippen molar-refractivity contribution in [3.63, 3.8) is 0 Å². The van der Waals surface area contributed by atoms with Gasteiger partial charge in [-0.3, -0.25) is 39.2 Å². The first-order valence-corrected chi connectivity index (χ1v) is 17.1. The highest BCUT2D eigenvalue weighted by Gasteiger charge is 2.23. The van der Waals surface area contributed by atoms with E-state index >= 15 is 0 Å². The standard InChI is InChI=1S/C36H41N13O5.CH4/c1-6-48-26(12-19(3)44-48)33(52)42-35-40-24-15-21(31(38)50)14-23(18-37)29(24)46(35)10-8-9-11-47-30-25(16-22(32(39)51)17-28(30)54-5)41-36(47)43-34(53)27-13-20(4)45-49(27)7-2;/h8-9,12-17H,6-7,10-11,18,37H2,1-5H3,(H2,38,50)(H2,39,51)(H,40,42,52)(H,41,43,53);1H4/b9-8+;. The number of primary amides is 2. The van der Waals surface area contributed by atoms with Crippen LogP contribution < -0.4 is 32.6 Å². The number of aromatic nitrogens is 8. The molecular formula is C37H45N13O5. The summed E-state index contributed by atoms with van der Waals surface area (Å²) in [6, 6.07) is 9.58. The van der Waals surface area contributed by atoms with Crippen molar-refractivity contribution in [2.24, 2.45) is 17.2 Å². The molecule has 0 aliphatic carbocycles. The van der Waals surface area contributed by atoms with Crippen molar-refractivity contribution >= 4 is 57.6 Å². The van der Waals surface area contributed by atoms with Gasteiger partial charge in [0.1, 0.15) is 22.7 Å². The van der Waals surface area contributed by atoms with E-state index in [-0.39, 0.29) is 50.1 Å². The molecule has 0 bridgehead atoms. The van der Waals surface area contributed by atoms with Gasteiger partial charge in [-0.15, -0.1) is 0 Å². The predicted octanol–water partition coefficient (Wildman–Crippen LogP) is 3.50. The average Bonchev–Trinajstić information content (AvgIpc) is 3.91. The molecule has 4 amide bonds. The number of methoxy groups -OCH3 is 1. The van der Waals surface area contributed by atoms with Crippen molar-refractivity contribution in [2.45, 2.75) is 67.8 Å². The van der Waals surface area contributed by atoms with E-state index < -0.39 is 23.6 Å². The second-order valence-electron chi connectivity index (χ2n) is 12.4. The summed E-state index contributed by atoms with van der Waals surface area (Å²) < 4.78 is 12.4. The summed E-state index contributed by atoms with van der Waals surface area (Å²) in [6.07, 6.45) is 3.68. The molecule has 0 fully saturated rings. The van der Waals surface area contributed by atoms with Gasteiger partial charge in [-0.25, -0.2) is 9.97 Å². The van der Waals surface area contributed by atoms with Gasteiger partial charge in [0.05, 0.1) is 35.0 Å². The first-order valence-electron chi connectivity index (χ1n) is 17.1. The summed E-state index contributed by atoms with van der Waals surface area (Å²) in [5, 5.41) is 14.6. The summed E-state index contributed by atoms with van der Waals surface area (Å²) in [4.78, 5) is 60.7. The zero-order valence-corrected chi connectivity index (χ0v) is 30.5. The van der Waals surface area contributed by atoms with Crippen LogP contribution in [0.3, 0.4) is 0 Å². The summed E-state index contributed by atoms with van der Waals surface area (Å²) in [6.45, 7) is 8.78. The Hall–Kier alpha value is -6.82. The van der Waals surface area contributed by atoms with E-state index in [1.54, 1.807) is 56.6 Å². The van der Waals surface area contributed by atoms with Crippen LogP contribution in [0.25, 0.3) is 22.1 Å². The third-order valence-corrected chi connectivity index (χ3v) is 8.80. The molecule has 0 saturated heterocycles. The lowest BCUT2D eigenvalue weighted by Crippen LogP contribution is -2.20. The summed E-state index contributed by atoms with van der Waals surface area (Å²) >= 11 is 0. The maximum atomic E-state index is 13.5. The van der Waals surface area contributed by atoms with Gasteiger partial charge in [0.2, 0.25) is 23.7 Å². The van der Waals surface area contributed by atoms with E-state index in [0.717, 1.165) is 0 Å². The van der Waals surface area contributed by atoms with Crippen molar-refractivity contribution < 1.29 is 23.9 Å². The zero-order chi connectivity index (χ0) is 38.8. The third kappa shape index (κ3) is 7.65. The number of nitrogens with zero attached hydrogens (tertiary/aromatic N) is 8. The molecule has 0 aliphatic heterocycles. The van der Waals surface area contributed by atoms with Crippen molar-refractivity contribution in [2.75, 3.05) is 17.7 Å². The van der Waals surface area contributed by atoms with Crippen molar-refractivity contribution in [3.05, 3.63) is 88.0 Å². The van der Waals surface area contributed by atoms with Gasteiger partial charge < -0.3 is 31.1 Å². The van der Waals surface area contributed by atoms with Gasteiger partial charge in [0.25, 0.3) is 11.8 Å². The molecule has 8 N–H and O–H groups in total. The minimum atomic E-state index is -0.665. The Kier molecular flexibility index (Phi) is 11.5. The molecule has 18 heteroatoms. The Morgan fingerprint density at radius 2 is 1.18 bits per heavy atom. The zero-order valence-electron chi connectivity index (χ0n) is 30.5. The van der Waals surface area contributed by atoms with E-state index in [0.29, 0.717) is 69.2 Å². The van der Waals surface area contributed by atoms with Crippen LogP contribution >= 0.6 is 0 Å². The van der Waals surface area contributed by atoms with Crippen LogP contribution in [0.5, 0.6) is 5.75 Å². The third-order valence-electron chi connectivity index (χ3n) is 8.80. The van der Waals surface area contributed by atoms with Gasteiger partial charge in [-0.2, -0.15) is 10.2 Å². The number of rotatable bonds is 14. The lowest BCUT2D eigenvalue weighted by Gasteiger charge is -2.12. The number of nitrogens with two attached hydrogens (primary N) is 3. The number of carbonyl (C=O) groups is 4. The topological polar surface area (TPSA) is 251 Å². The van der Waals surface area contributed by atoms with E-state index in [4.69, 9.17) is 21.9 Å².